The highest BCUT2D eigenvalue weighted by Gasteiger charge is 2.02. The number of rotatable bonds is 8. The van der Waals surface area contributed by atoms with Crippen LogP contribution in [0, 0.1) is 0 Å². The van der Waals surface area contributed by atoms with Crippen LogP contribution in [0.15, 0.2) is 41.5 Å². The van der Waals surface area contributed by atoms with Crippen molar-refractivity contribution in [2.75, 3.05) is 25.5 Å². The van der Waals surface area contributed by atoms with E-state index in [0.717, 1.165) is 42.6 Å². The van der Waals surface area contributed by atoms with Crippen molar-refractivity contribution in [3.63, 3.8) is 0 Å². The fraction of sp³-hybridized carbons (Fsp3) is 0.412. The highest BCUT2D eigenvalue weighted by molar-refractivity contribution is 14.0. The molecule has 0 fully saturated rings. The van der Waals surface area contributed by atoms with E-state index in [1.54, 1.807) is 18.4 Å². The summed E-state index contributed by atoms with van der Waals surface area (Å²) in [6.07, 6.45) is 4.01. The van der Waals surface area contributed by atoms with Crippen LogP contribution in [0.25, 0.3) is 0 Å². The SMILES string of the molecule is CCc1cnc(CNC(=NC)NCCCNc2ccccc2)s1.I. The standard InChI is InChI=1S/C17H25N5S.HI/c1-3-15-12-21-16(23-15)13-22-17(18-2)20-11-7-10-19-14-8-5-4-6-9-14;/h4-6,8-9,12,19H,3,7,10-11,13H2,1-2H3,(H2,18,20,22);1H. The van der Waals surface area contributed by atoms with Crippen LogP contribution in [-0.4, -0.2) is 31.1 Å². The summed E-state index contributed by atoms with van der Waals surface area (Å²) < 4.78 is 0. The van der Waals surface area contributed by atoms with Crippen LogP contribution in [-0.2, 0) is 13.0 Å². The third-order valence-electron chi connectivity index (χ3n) is 3.33. The zero-order valence-electron chi connectivity index (χ0n) is 14.2. The van der Waals surface area contributed by atoms with Crippen molar-refractivity contribution in [3.8, 4) is 0 Å². The average molecular weight is 459 g/mol. The fourth-order valence-corrected chi connectivity index (χ4v) is 2.86. The van der Waals surface area contributed by atoms with Gasteiger partial charge in [0.1, 0.15) is 5.01 Å². The predicted octanol–water partition coefficient (Wildman–Crippen LogP) is 3.49. The highest BCUT2D eigenvalue weighted by atomic mass is 127. The number of halogens is 1. The number of aryl methyl sites for hydroxylation is 1. The first-order chi connectivity index (χ1) is 11.3. The van der Waals surface area contributed by atoms with Crippen molar-refractivity contribution in [3.05, 3.63) is 46.4 Å². The smallest absolute Gasteiger partial charge is 0.191 e. The van der Waals surface area contributed by atoms with Crippen LogP contribution in [0.5, 0.6) is 0 Å². The lowest BCUT2D eigenvalue weighted by Crippen LogP contribution is -2.37. The first-order valence-electron chi connectivity index (χ1n) is 7.99. The van der Waals surface area contributed by atoms with Gasteiger partial charge in [-0.05, 0) is 25.0 Å². The Bertz CT molecular complexity index is 600. The molecule has 1 aromatic carbocycles. The minimum atomic E-state index is 0. The van der Waals surface area contributed by atoms with Crippen molar-refractivity contribution in [2.45, 2.75) is 26.3 Å². The molecule has 2 rings (SSSR count). The number of para-hydroxylation sites is 1. The monoisotopic (exact) mass is 459 g/mol. The van der Waals surface area contributed by atoms with E-state index in [9.17, 15) is 0 Å². The Morgan fingerprint density at radius 3 is 2.62 bits per heavy atom. The Hall–Kier alpha value is -1.35. The number of hydrogen-bond acceptors (Lipinski definition) is 4. The third-order valence-corrected chi connectivity index (χ3v) is 4.47. The van der Waals surface area contributed by atoms with Gasteiger partial charge in [0.25, 0.3) is 0 Å². The number of benzene rings is 1. The molecule has 0 aliphatic heterocycles. The molecule has 0 aliphatic carbocycles. The maximum absolute atomic E-state index is 4.40. The Balaban J connectivity index is 0.00000288. The van der Waals surface area contributed by atoms with E-state index in [0.29, 0.717) is 6.54 Å². The molecule has 0 saturated heterocycles. The fourth-order valence-electron chi connectivity index (χ4n) is 2.06. The molecule has 2 aromatic rings. The summed E-state index contributed by atoms with van der Waals surface area (Å²) in [5.41, 5.74) is 1.16. The molecule has 0 unspecified atom stereocenters. The van der Waals surface area contributed by atoms with Crippen LogP contribution < -0.4 is 16.0 Å². The molecule has 3 N–H and O–H groups in total. The van der Waals surface area contributed by atoms with Crippen LogP contribution in [0.4, 0.5) is 5.69 Å². The van der Waals surface area contributed by atoms with Crippen molar-refractivity contribution >= 4 is 47.0 Å². The molecule has 24 heavy (non-hydrogen) atoms. The third kappa shape index (κ3) is 7.48. The van der Waals surface area contributed by atoms with Crippen LogP contribution in [0.2, 0.25) is 0 Å². The van der Waals surface area contributed by atoms with E-state index in [2.05, 4.69) is 45.0 Å². The molecule has 0 spiro atoms. The van der Waals surface area contributed by atoms with E-state index < -0.39 is 0 Å². The van der Waals surface area contributed by atoms with E-state index in [1.807, 2.05) is 24.4 Å². The summed E-state index contributed by atoms with van der Waals surface area (Å²) in [5.74, 6) is 0.818. The maximum atomic E-state index is 4.40. The van der Waals surface area contributed by atoms with Crippen molar-refractivity contribution in [1.29, 1.82) is 0 Å². The number of hydrogen-bond donors (Lipinski definition) is 3. The second-order valence-electron chi connectivity index (χ2n) is 5.07. The quantitative estimate of drug-likeness (QED) is 0.245. The minimum absolute atomic E-state index is 0. The molecule has 0 radical (unpaired) electrons. The number of thiazole rings is 1. The molecule has 7 heteroatoms. The molecule has 0 aliphatic rings. The van der Waals surface area contributed by atoms with Crippen LogP contribution >= 0.6 is 35.3 Å². The van der Waals surface area contributed by atoms with Gasteiger partial charge in [-0.25, -0.2) is 4.98 Å². The van der Waals surface area contributed by atoms with Crippen molar-refractivity contribution < 1.29 is 0 Å². The molecule has 0 amide bonds. The zero-order valence-corrected chi connectivity index (χ0v) is 17.4. The molecular weight excluding hydrogens is 433 g/mol. The Labute approximate surface area is 165 Å². The number of anilines is 1. The molecule has 0 saturated carbocycles. The van der Waals surface area contributed by atoms with Gasteiger partial charge in [-0.15, -0.1) is 35.3 Å². The van der Waals surface area contributed by atoms with Gasteiger partial charge in [0.15, 0.2) is 5.96 Å². The Kier molecular flexibility index (Phi) is 10.4. The van der Waals surface area contributed by atoms with Gasteiger partial charge in [-0.2, -0.15) is 0 Å². The van der Waals surface area contributed by atoms with Crippen molar-refractivity contribution in [2.24, 2.45) is 4.99 Å². The lowest BCUT2D eigenvalue weighted by Gasteiger charge is -2.11. The second kappa shape index (κ2) is 12.1. The summed E-state index contributed by atoms with van der Waals surface area (Å²) in [6, 6.07) is 10.2. The molecule has 132 valence electrons. The Morgan fingerprint density at radius 2 is 1.96 bits per heavy atom. The number of aromatic nitrogens is 1. The van der Waals surface area contributed by atoms with Gasteiger partial charge in [-0.1, -0.05) is 25.1 Å². The van der Waals surface area contributed by atoms with Gasteiger partial charge in [0.2, 0.25) is 0 Å². The number of aliphatic imine (C=N–C) groups is 1. The zero-order chi connectivity index (χ0) is 16.3. The van der Waals surface area contributed by atoms with E-state index in [-0.39, 0.29) is 24.0 Å². The maximum Gasteiger partial charge on any atom is 0.191 e. The topological polar surface area (TPSA) is 61.3 Å². The van der Waals surface area contributed by atoms with Crippen molar-refractivity contribution in [1.82, 2.24) is 15.6 Å². The van der Waals surface area contributed by atoms with Gasteiger partial charge < -0.3 is 16.0 Å². The Morgan fingerprint density at radius 1 is 1.17 bits per heavy atom. The lowest BCUT2D eigenvalue weighted by molar-refractivity contribution is 0.761. The van der Waals surface area contributed by atoms with Crippen LogP contribution in [0.3, 0.4) is 0 Å². The number of guanidine groups is 1. The molecule has 0 bridgehead atoms. The van der Waals surface area contributed by atoms with Gasteiger partial charge in [0, 0.05) is 36.9 Å². The van der Waals surface area contributed by atoms with Gasteiger partial charge in [-0.3, -0.25) is 4.99 Å². The van der Waals surface area contributed by atoms with E-state index >= 15 is 0 Å². The molecular formula is C17H26IN5S. The molecule has 5 nitrogen and oxygen atoms in total. The lowest BCUT2D eigenvalue weighted by atomic mass is 10.3. The first-order valence-corrected chi connectivity index (χ1v) is 8.80. The second-order valence-corrected chi connectivity index (χ2v) is 6.27. The first kappa shape index (κ1) is 20.7. The van der Waals surface area contributed by atoms with E-state index in [1.165, 1.54) is 4.88 Å². The number of nitrogens with zero attached hydrogens (tertiary/aromatic N) is 2. The summed E-state index contributed by atoms with van der Waals surface area (Å²) in [7, 11) is 1.79. The van der Waals surface area contributed by atoms with E-state index in [4.69, 9.17) is 0 Å². The summed E-state index contributed by atoms with van der Waals surface area (Å²) in [4.78, 5) is 9.95. The highest BCUT2D eigenvalue weighted by Crippen LogP contribution is 2.12. The van der Waals surface area contributed by atoms with Gasteiger partial charge >= 0.3 is 0 Å². The van der Waals surface area contributed by atoms with Crippen LogP contribution in [0.1, 0.15) is 23.2 Å². The number of nitrogens with one attached hydrogen (secondary N) is 3. The van der Waals surface area contributed by atoms with Gasteiger partial charge in [0.05, 0.1) is 6.54 Å². The largest absolute Gasteiger partial charge is 0.385 e. The normalized spacial score (nSPS) is 10.8. The molecule has 1 heterocycles. The molecule has 0 atom stereocenters. The summed E-state index contributed by atoms with van der Waals surface area (Å²) >= 11 is 1.75. The predicted molar refractivity (Wildman–Crippen MR) is 115 cm³/mol. The molecule has 1 aromatic heterocycles. The average Bonchev–Trinajstić information content (AvgIpc) is 3.06. The summed E-state index contributed by atoms with van der Waals surface area (Å²) in [5, 5.41) is 11.1. The minimum Gasteiger partial charge on any atom is -0.385 e. The summed E-state index contributed by atoms with van der Waals surface area (Å²) in [6.45, 7) is 4.67.